The van der Waals surface area contributed by atoms with Crippen molar-refractivity contribution < 1.29 is 14.7 Å². The number of benzene rings is 4. The Morgan fingerprint density at radius 2 is 1.31 bits per heavy atom. The second-order valence-electron chi connectivity index (χ2n) is 6.78. The summed E-state index contributed by atoms with van der Waals surface area (Å²) in [6.45, 7) is 0. The molecule has 142 valence electrons. The highest BCUT2D eigenvalue weighted by Crippen LogP contribution is 2.24. The molecule has 29 heavy (non-hydrogen) atoms. The SMILES string of the molecule is O=C(O)c1ccccc1Cc1ccccc1NC(=O)c1cccc2ccccc12. The van der Waals surface area contributed by atoms with Gasteiger partial charge < -0.3 is 10.4 Å². The predicted octanol–water partition coefficient (Wildman–Crippen LogP) is 5.38. The number of para-hydroxylation sites is 1. The molecule has 0 fully saturated rings. The molecule has 4 rings (SSSR count). The van der Waals surface area contributed by atoms with Crippen molar-refractivity contribution in [3.8, 4) is 0 Å². The van der Waals surface area contributed by atoms with Gasteiger partial charge in [-0.15, -0.1) is 0 Å². The number of carboxylic acid groups (broad SMARTS) is 1. The van der Waals surface area contributed by atoms with Crippen LogP contribution >= 0.6 is 0 Å². The Morgan fingerprint density at radius 3 is 2.14 bits per heavy atom. The molecular formula is C25H19NO3. The maximum absolute atomic E-state index is 13.0. The van der Waals surface area contributed by atoms with Crippen LogP contribution in [0.25, 0.3) is 10.8 Å². The van der Waals surface area contributed by atoms with E-state index >= 15 is 0 Å². The number of amides is 1. The topological polar surface area (TPSA) is 66.4 Å². The Bertz CT molecular complexity index is 1210. The lowest BCUT2D eigenvalue weighted by atomic mass is 9.98. The lowest BCUT2D eigenvalue weighted by Crippen LogP contribution is -2.14. The predicted molar refractivity (Wildman–Crippen MR) is 115 cm³/mol. The number of carboxylic acids is 1. The van der Waals surface area contributed by atoms with Gasteiger partial charge in [0.25, 0.3) is 5.91 Å². The van der Waals surface area contributed by atoms with Crippen molar-refractivity contribution >= 4 is 28.3 Å². The summed E-state index contributed by atoms with van der Waals surface area (Å²) in [5, 5.41) is 14.3. The van der Waals surface area contributed by atoms with E-state index in [0.717, 1.165) is 16.3 Å². The summed E-state index contributed by atoms with van der Waals surface area (Å²) in [5.74, 6) is -1.15. The van der Waals surface area contributed by atoms with Gasteiger partial charge in [0.1, 0.15) is 0 Å². The third kappa shape index (κ3) is 3.87. The molecule has 0 aliphatic carbocycles. The lowest BCUT2D eigenvalue weighted by Gasteiger charge is -2.13. The molecule has 0 aliphatic rings. The van der Waals surface area contributed by atoms with Gasteiger partial charge in [-0.05, 0) is 40.1 Å². The van der Waals surface area contributed by atoms with Crippen molar-refractivity contribution in [1.29, 1.82) is 0 Å². The minimum absolute atomic E-state index is 0.194. The monoisotopic (exact) mass is 381 g/mol. The molecule has 0 atom stereocenters. The minimum atomic E-state index is -0.960. The Morgan fingerprint density at radius 1 is 0.690 bits per heavy atom. The first-order chi connectivity index (χ1) is 14.1. The van der Waals surface area contributed by atoms with Gasteiger partial charge in [-0.25, -0.2) is 4.79 Å². The minimum Gasteiger partial charge on any atom is -0.478 e. The van der Waals surface area contributed by atoms with E-state index in [1.54, 1.807) is 24.3 Å². The number of hydrogen-bond donors (Lipinski definition) is 2. The van der Waals surface area contributed by atoms with Crippen LogP contribution in [0.2, 0.25) is 0 Å². The molecule has 4 heteroatoms. The molecule has 0 bridgehead atoms. The van der Waals surface area contributed by atoms with Crippen molar-refractivity contribution in [1.82, 2.24) is 0 Å². The third-order valence-electron chi connectivity index (χ3n) is 4.93. The smallest absolute Gasteiger partial charge is 0.335 e. The van der Waals surface area contributed by atoms with Crippen LogP contribution in [0.3, 0.4) is 0 Å². The maximum Gasteiger partial charge on any atom is 0.335 e. The number of anilines is 1. The first kappa shape index (κ1) is 18.4. The largest absolute Gasteiger partial charge is 0.478 e. The fourth-order valence-corrected chi connectivity index (χ4v) is 3.50. The molecule has 0 spiro atoms. The van der Waals surface area contributed by atoms with E-state index in [0.29, 0.717) is 23.2 Å². The van der Waals surface area contributed by atoms with E-state index in [4.69, 9.17) is 0 Å². The highest BCUT2D eigenvalue weighted by Gasteiger charge is 2.14. The average Bonchev–Trinajstić information content (AvgIpc) is 2.75. The zero-order valence-corrected chi connectivity index (χ0v) is 15.6. The summed E-state index contributed by atoms with van der Waals surface area (Å²) in [7, 11) is 0. The van der Waals surface area contributed by atoms with E-state index in [-0.39, 0.29) is 11.5 Å². The average molecular weight is 381 g/mol. The Balaban J connectivity index is 1.66. The van der Waals surface area contributed by atoms with Crippen molar-refractivity contribution in [2.45, 2.75) is 6.42 Å². The van der Waals surface area contributed by atoms with E-state index in [9.17, 15) is 14.7 Å². The first-order valence-corrected chi connectivity index (χ1v) is 9.32. The second kappa shape index (κ2) is 7.98. The molecule has 0 saturated carbocycles. The Labute approximate surface area is 168 Å². The lowest BCUT2D eigenvalue weighted by molar-refractivity contribution is 0.0695. The van der Waals surface area contributed by atoms with E-state index in [1.807, 2.05) is 66.7 Å². The standard InChI is InChI=1S/C25H19NO3/c27-24(22-14-7-11-17-8-1-4-12-20(17)22)26-23-15-6-3-10-19(23)16-18-9-2-5-13-21(18)25(28)29/h1-15H,16H2,(H,26,27)(H,28,29). The van der Waals surface area contributed by atoms with Crippen LogP contribution < -0.4 is 5.32 Å². The zero-order valence-electron chi connectivity index (χ0n) is 15.6. The van der Waals surface area contributed by atoms with Gasteiger partial charge in [0.2, 0.25) is 0 Å². The molecule has 0 heterocycles. The normalized spacial score (nSPS) is 10.6. The van der Waals surface area contributed by atoms with Gasteiger partial charge in [0, 0.05) is 17.7 Å². The summed E-state index contributed by atoms with van der Waals surface area (Å²) < 4.78 is 0. The number of hydrogen-bond acceptors (Lipinski definition) is 2. The molecule has 0 saturated heterocycles. The molecule has 0 aromatic heterocycles. The highest BCUT2D eigenvalue weighted by molar-refractivity contribution is 6.13. The first-order valence-electron chi connectivity index (χ1n) is 9.32. The zero-order chi connectivity index (χ0) is 20.2. The summed E-state index contributed by atoms with van der Waals surface area (Å²) in [4.78, 5) is 24.5. The molecule has 0 unspecified atom stereocenters. The van der Waals surface area contributed by atoms with Crippen LogP contribution in [0.5, 0.6) is 0 Å². The van der Waals surface area contributed by atoms with Gasteiger partial charge in [-0.1, -0.05) is 72.8 Å². The number of fused-ring (bicyclic) bond motifs is 1. The van der Waals surface area contributed by atoms with Gasteiger partial charge in [-0.3, -0.25) is 4.79 Å². The van der Waals surface area contributed by atoms with Crippen molar-refractivity contribution in [3.05, 3.63) is 113 Å². The molecule has 0 aliphatic heterocycles. The van der Waals surface area contributed by atoms with Crippen LogP contribution in [0.4, 0.5) is 5.69 Å². The number of nitrogens with one attached hydrogen (secondary N) is 1. The Hall–Kier alpha value is -3.92. The number of carbonyl (C=O) groups is 2. The van der Waals surface area contributed by atoms with E-state index < -0.39 is 5.97 Å². The fourth-order valence-electron chi connectivity index (χ4n) is 3.50. The summed E-state index contributed by atoms with van der Waals surface area (Å²) in [6, 6.07) is 27.8. The van der Waals surface area contributed by atoms with Crippen LogP contribution in [0, 0.1) is 0 Å². The molecule has 0 radical (unpaired) electrons. The molecule has 4 nitrogen and oxygen atoms in total. The summed E-state index contributed by atoms with van der Waals surface area (Å²) in [6.07, 6.45) is 0.411. The van der Waals surface area contributed by atoms with Gasteiger partial charge >= 0.3 is 5.97 Å². The van der Waals surface area contributed by atoms with Crippen LogP contribution in [-0.2, 0) is 6.42 Å². The third-order valence-corrected chi connectivity index (χ3v) is 4.93. The fraction of sp³-hybridized carbons (Fsp3) is 0.0400. The van der Waals surface area contributed by atoms with E-state index in [2.05, 4.69) is 5.32 Å². The quantitative estimate of drug-likeness (QED) is 0.488. The molecule has 4 aromatic carbocycles. The summed E-state index contributed by atoms with van der Waals surface area (Å²) >= 11 is 0. The van der Waals surface area contributed by atoms with Crippen LogP contribution in [0.1, 0.15) is 31.8 Å². The Kier molecular flexibility index (Phi) is 5.08. The summed E-state index contributed by atoms with van der Waals surface area (Å²) in [5.41, 5.74) is 3.10. The van der Waals surface area contributed by atoms with Crippen LogP contribution in [0.15, 0.2) is 91.0 Å². The van der Waals surface area contributed by atoms with E-state index in [1.165, 1.54) is 0 Å². The van der Waals surface area contributed by atoms with Gasteiger partial charge in [0.05, 0.1) is 5.56 Å². The van der Waals surface area contributed by atoms with Crippen molar-refractivity contribution in [2.75, 3.05) is 5.32 Å². The molecule has 1 amide bonds. The van der Waals surface area contributed by atoms with Gasteiger partial charge in [0.15, 0.2) is 0 Å². The van der Waals surface area contributed by atoms with Crippen LogP contribution in [-0.4, -0.2) is 17.0 Å². The van der Waals surface area contributed by atoms with Crippen molar-refractivity contribution in [2.24, 2.45) is 0 Å². The number of rotatable bonds is 5. The maximum atomic E-state index is 13.0. The van der Waals surface area contributed by atoms with Gasteiger partial charge in [-0.2, -0.15) is 0 Å². The number of aromatic carboxylic acids is 1. The second-order valence-corrected chi connectivity index (χ2v) is 6.78. The molecule has 4 aromatic rings. The molecule has 2 N–H and O–H groups in total. The van der Waals surface area contributed by atoms with Crippen molar-refractivity contribution in [3.63, 3.8) is 0 Å². The molecular weight excluding hydrogens is 362 g/mol. The number of carbonyl (C=O) groups excluding carboxylic acids is 1. The highest BCUT2D eigenvalue weighted by atomic mass is 16.4.